The Balaban J connectivity index is 0.00000218. The summed E-state index contributed by atoms with van der Waals surface area (Å²) in [6.45, 7) is 8.82. The average molecular weight is 371 g/mol. The number of aldehydes is 1. The fourth-order valence-electron chi connectivity index (χ4n) is 4.05. The second-order valence-electron chi connectivity index (χ2n) is 7.81. The number of ether oxygens (including phenoxy) is 1. The van der Waals surface area contributed by atoms with E-state index in [1.165, 1.54) is 17.4 Å². The van der Waals surface area contributed by atoms with Gasteiger partial charge in [-0.15, -0.1) is 18.6 Å². The van der Waals surface area contributed by atoms with Crippen molar-refractivity contribution in [1.29, 1.82) is 0 Å². The van der Waals surface area contributed by atoms with Crippen LogP contribution in [0.15, 0.2) is 40.9 Å². The predicted molar refractivity (Wildman–Crippen MR) is 116 cm³/mol. The zero-order valence-corrected chi connectivity index (χ0v) is 17.1. The van der Waals surface area contributed by atoms with E-state index in [0.29, 0.717) is 5.92 Å². The van der Waals surface area contributed by atoms with Gasteiger partial charge in [0.05, 0.1) is 12.9 Å². The third-order valence-electron chi connectivity index (χ3n) is 6.36. The van der Waals surface area contributed by atoms with Gasteiger partial charge in [0.1, 0.15) is 6.29 Å². The van der Waals surface area contributed by atoms with Crippen molar-refractivity contribution in [3.05, 3.63) is 40.9 Å². The van der Waals surface area contributed by atoms with E-state index < -0.39 is 0 Å². The number of hydrogen-bond acceptors (Lipinski definition) is 2. The van der Waals surface area contributed by atoms with Crippen LogP contribution in [0.25, 0.3) is 0 Å². The van der Waals surface area contributed by atoms with Crippen molar-refractivity contribution in [3.8, 4) is 12.8 Å². The number of methoxy groups -OCH3 is 1. The highest BCUT2D eigenvalue weighted by molar-refractivity contribution is 5.60. The van der Waals surface area contributed by atoms with Gasteiger partial charge in [-0.25, -0.2) is 0 Å². The van der Waals surface area contributed by atoms with Crippen molar-refractivity contribution in [2.24, 2.45) is 16.7 Å². The van der Waals surface area contributed by atoms with Crippen LogP contribution in [0.4, 0.5) is 0 Å². The Labute approximate surface area is 167 Å². The molecule has 0 bridgehead atoms. The van der Waals surface area contributed by atoms with Gasteiger partial charge in [-0.05, 0) is 50.7 Å². The number of rotatable bonds is 3. The zero-order chi connectivity index (χ0) is 19.8. The molecule has 0 amide bonds. The molecule has 2 rings (SSSR count). The summed E-state index contributed by atoms with van der Waals surface area (Å²) in [5, 5.41) is 0. The van der Waals surface area contributed by atoms with E-state index in [4.69, 9.17) is 4.74 Å². The molecule has 3 atom stereocenters. The molecular formula is C25H38O2. The Bertz CT molecular complexity index is 642. The Kier molecular flexibility index (Phi) is 10.2. The molecule has 2 nitrogen and oxygen atoms in total. The summed E-state index contributed by atoms with van der Waals surface area (Å²) in [7, 11) is 1.74. The minimum atomic E-state index is -0.271. The summed E-state index contributed by atoms with van der Waals surface area (Å²) in [6, 6.07) is 0. The maximum atomic E-state index is 11.9. The summed E-state index contributed by atoms with van der Waals surface area (Å²) in [4.78, 5) is 11.9. The molecule has 0 saturated carbocycles. The summed E-state index contributed by atoms with van der Waals surface area (Å²) >= 11 is 0. The normalized spacial score (nSPS) is 32.4. The van der Waals surface area contributed by atoms with Gasteiger partial charge in [0.15, 0.2) is 0 Å². The van der Waals surface area contributed by atoms with E-state index in [1.54, 1.807) is 7.11 Å². The quantitative estimate of drug-likeness (QED) is 0.241. The number of carbonyl (C=O) groups is 1. The smallest absolute Gasteiger partial charge is 0.126 e. The first-order valence-corrected chi connectivity index (χ1v) is 9.56. The van der Waals surface area contributed by atoms with Gasteiger partial charge in [0.2, 0.25) is 0 Å². The van der Waals surface area contributed by atoms with Gasteiger partial charge in [-0.3, -0.25) is 0 Å². The molecule has 0 aromatic rings. The van der Waals surface area contributed by atoms with Gasteiger partial charge < -0.3 is 9.53 Å². The monoisotopic (exact) mass is 370 g/mol. The molecule has 0 saturated heterocycles. The summed E-state index contributed by atoms with van der Waals surface area (Å²) in [6.07, 6.45) is 21.7. The summed E-state index contributed by atoms with van der Waals surface area (Å²) in [5.41, 5.74) is 5.81. The molecule has 0 radical (unpaired) electrons. The van der Waals surface area contributed by atoms with E-state index >= 15 is 0 Å². The molecular weight excluding hydrogens is 332 g/mol. The number of carbonyl (C=O) groups excluding carboxylic acids is 1. The Morgan fingerprint density at radius 3 is 2.59 bits per heavy atom. The SMILES string of the molecule is C.C#C.CCC1CCC=C=C2C=C(OC)CCC2(C)/C(C)=C/C[C@]1(C)C=O. The third kappa shape index (κ3) is 5.50. The third-order valence-corrected chi connectivity index (χ3v) is 6.36. The molecule has 27 heavy (non-hydrogen) atoms. The van der Waals surface area contributed by atoms with Crippen molar-refractivity contribution in [1.82, 2.24) is 0 Å². The molecule has 0 spiro atoms. The Morgan fingerprint density at radius 1 is 1.37 bits per heavy atom. The maximum absolute atomic E-state index is 11.9. The van der Waals surface area contributed by atoms with Gasteiger partial charge in [0.25, 0.3) is 0 Å². The van der Waals surface area contributed by atoms with Crippen molar-refractivity contribution in [2.45, 2.75) is 73.6 Å². The van der Waals surface area contributed by atoms with Crippen LogP contribution in [-0.2, 0) is 9.53 Å². The minimum absolute atomic E-state index is 0. The van der Waals surface area contributed by atoms with Crippen molar-refractivity contribution in [2.75, 3.05) is 7.11 Å². The second-order valence-corrected chi connectivity index (χ2v) is 7.81. The molecule has 0 aliphatic heterocycles. The summed E-state index contributed by atoms with van der Waals surface area (Å²) in [5.74, 6) is 1.45. The standard InChI is InChI=1S/C22H32O2.C2H2.CH4/c1-6-18-9-7-8-10-19-15-20(24-5)12-14-22(19,4)17(2)11-13-21(18,3)16-23;1-2;/h8,11,15-16,18H,6-7,9,12-14H2,1-5H3;1-2H;1H4/b17-11+;;/t10?,18?,21-,22?;;/m1../s1. The van der Waals surface area contributed by atoms with Crippen LogP contribution in [0.5, 0.6) is 0 Å². The lowest BCUT2D eigenvalue weighted by Crippen LogP contribution is -2.29. The molecule has 0 fully saturated rings. The number of fused-ring (bicyclic) bond motifs is 1. The van der Waals surface area contributed by atoms with Crippen LogP contribution in [0.1, 0.15) is 73.6 Å². The van der Waals surface area contributed by atoms with E-state index in [-0.39, 0.29) is 18.3 Å². The highest BCUT2D eigenvalue weighted by Crippen LogP contribution is 2.46. The Morgan fingerprint density at radius 2 is 2.04 bits per heavy atom. The average Bonchev–Trinajstić information content (AvgIpc) is 2.69. The van der Waals surface area contributed by atoms with E-state index in [1.807, 2.05) is 0 Å². The van der Waals surface area contributed by atoms with Gasteiger partial charge >= 0.3 is 0 Å². The second kappa shape index (κ2) is 11.0. The molecule has 2 unspecified atom stereocenters. The van der Waals surface area contributed by atoms with Crippen molar-refractivity contribution in [3.63, 3.8) is 0 Å². The zero-order valence-electron chi connectivity index (χ0n) is 17.1. The topological polar surface area (TPSA) is 26.3 Å². The first kappa shape index (κ1) is 25.0. The maximum Gasteiger partial charge on any atom is 0.126 e. The molecule has 0 aromatic carbocycles. The first-order chi connectivity index (χ1) is 12.4. The van der Waals surface area contributed by atoms with Gasteiger partial charge in [0, 0.05) is 22.8 Å². The molecule has 0 N–H and O–H groups in total. The predicted octanol–water partition coefficient (Wildman–Crippen LogP) is 6.65. The number of terminal acetylenes is 1. The van der Waals surface area contributed by atoms with Crippen LogP contribution in [0.3, 0.4) is 0 Å². The molecule has 0 aromatic heterocycles. The van der Waals surface area contributed by atoms with Crippen LogP contribution >= 0.6 is 0 Å². The molecule has 2 aliphatic rings. The molecule has 2 heteroatoms. The van der Waals surface area contributed by atoms with Crippen molar-refractivity contribution < 1.29 is 9.53 Å². The van der Waals surface area contributed by atoms with E-state index in [0.717, 1.165) is 44.3 Å². The van der Waals surface area contributed by atoms with Crippen LogP contribution in [0, 0.1) is 29.6 Å². The number of allylic oxidation sites excluding steroid dienone is 5. The highest BCUT2D eigenvalue weighted by atomic mass is 16.5. The highest BCUT2D eigenvalue weighted by Gasteiger charge is 2.36. The first-order valence-electron chi connectivity index (χ1n) is 9.56. The lowest BCUT2D eigenvalue weighted by Gasteiger charge is -2.36. The molecule has 2 aliphatic carbocycles. The lowest BCUT2D eigenvalue weighted by molar-refractivity contribution is -0.118. The van der Waals surface area contributed by atoms with Crippen molar-refractivity contribution >= 4 is 6.29 Å². The Hall–Kier alpha value is -1.97. The van der Waals surface area contributed by atoms with Crippen LogP contribution in [-0.4, -0.2) is 13.4 Å². The van der Waals surface area contributed by atoms with E-state index in [9.17, 15) is 4.79 Å². The number of hydrogen-bond donors (Lipinski definition) is 0. The molecule has 150 valence electrons. The molecule has 0 heterocycles. The van der Waals surface area contributed by atoms with Crippen LogP contribution < -0.4 is 0 Å². The largest absolute Gasteiger partial charge is 0.501 e. The van der Waals surface area contributed by atoms with Gasteiger partial charge in [-0.2, -0.15) is 0 Å². The fourth-order valence-corrected chi connectivity index (χ4v) is 4.05. The summed E-state index contributed by atoms with van der Waals surface area (Å²) < 4.78 is 5.48. The fraction of sp³-hybridized carbons (Fsp3) is 0.600. The minimum Gasteiger partial charge on any atom is -0.501 e. The lowest BCUT2D eigenvalue weighted by atomic mass is 9.68. The van der Waals surface area contributed by atoms with E-state index in [2.05, 4.69) is 64.5 Å². The van der Waals surface area contributed by atoms with Gasteiger partial charge in [-0.1, -0.05) is 46.3 Å². The van der Waals surface area contributed by atoms with Crippen LogP contribution in [0.2, 0.25) is 0 Å².